The molecular formula is C17H12BrClN2O2S. The number of nitrogens with zero attached hydrogens (tertiary/aromatic N) is 1. The van der Waals surface area contributed by atoms with Gasteiger partial charge in [-0.2, -0.15) is 5.10 Å². The maximum Gasteiger partial charge on any atom is 0.283 e. The molecule has 0 radical (unpaired) electrons. The fraction of sp³-hybridized carbons (Fsp3) is 0.0588. The number of fused-ring (bicyclic) bond motifs is 1. The van der Waals surface area contributed by atoms with Gasteiger partial charge in [0.2, 0.25) is 0 Å². The van der Waals surface area contributed by atoms with Crippen LogP contribution in [0.4, 0.5) is 0 Å². The van der Waals surface area contributed by atoms with Crippen molar-refractivity contribution in [3.05, 3.63) is 62.4 Å². The second kappa shape index (κ2) is 7.34. The predicted octanol–water partition coefficient (Wildman–Crippen LogP) is 5.09. The summed E-state index contributed by atoms with van der Waals surface area (Å²) in [6, 6.07) is 13.1. The lowest BCUT2D eigenvalue weighted by Gasteiger charge is -2.04. The molecule has 1 heterocycles. The minimum atomic E-state index is -0.341. The molecule has 0 atom stereocenters. The minimum absolute atomic E-state index is 0.341. The van der Waals surface area contributed by atoms with E-state index in [1.54, 1.807) is 7.11 Å². The summed E-state index contributed by atoms with van der Waals surface area (Å²) in [6.07, 6.45) is 1.53. The smallest absolute Gasteiger partial charge is 0.283 e. The van der Waals surface area contributed by atoms with E-state index in [0.717, 1.165) is 20.1 Å². The van der Waals surface area contributed by atoms with E-state index in [2.05, 4.69) is 26.5 Å². The number of hydrazone groups is 1. The molecule has 4 nitrogen and oxygen atoms in total. The highest BCUT2D eigenvalue weighted by Crippen LogP contribution is 2.34. The van der Waals surface area contributed by atoms with Crippen molar-refractivity contribution in [2.45, 2.75) is 0 Å². The van der Waals surface area contributed by atoms with Crippen molar-refractivity contribution >= 4 is 61.1 Å². The highest BCUT2D eigenvalue weighted by Gasteiger charge is 2.16. The van der Waals surface area contributed by atoms with Crippen molar-refractivity contribution in [1.29, 1.82) is 0 Å². The molecule has 0 aliphatic heterocycles. The van der Waals surface area contributed by atoms with Crippen molar-refractivity contribution < 1.29 is 9.53 Å². The van der Waals surface area contributed by atoms with Gasteiger partial charge in [-0.3, -0.25) is 4.79 Å². The number of ether oxygens (including phenoxy) is 1. The van der Waals surface area contributed by atoms with E-state index in [1.165, 1.54) is 17.6 Å². The summed E-state index contributed by atoms with van der Waals surface area (Å²) < 4.78 is 7.11. The van der Waals surface area contributed by atoms with E-state index in [1.807, 2.05) is 42.5 Å². The van der Waals surface area contributed by atoms with Crippen molar-refractivity contribution in [3.63, 3.8) is 0 Å². The average molecular weight is 424 g/mol. The number of carbonyl (C=O) groups excluding carboxylic acids is 1. The molecule has 3 aromatic rings. The zero-order valence-corrected chi connectivity index (χ0v) is 15.7. The summed E-state index contributed by atoms with van der Waals surface area (Å²) in [7, 11) is 1.58. The van der Waals surface area contributed by atoms with Gasteiger partial charge < -0.3 is 4.74 Å². The van der Waals surface area contributed by atoms with Crippen LogP contribution >= 0.6 is 38.9 Å². The van der Waals surface area contributed by atoms with Gasteiger partial charge in [0.05, 0.1) is 18.3 Å². The highest BCUT2D eigenvalue weighted by atomic mass is 79.9. The van der Waals surface area contributed by atoms with E-state index < -0.39 is 0 Å². The first-order valence-electron chi connectivity index (χ1n) is 6.94. The highest BCUT2D eigenvalue weighted by molar-refractivity contribution is 9.10. The van der Waals surface area contributed by atoms with Crippen LogP contribution in [0.2, 0.25) is 5.02 Å². The standard InChI is InChI=1S/C17H12BrClN2O2S/c1-23-13-7-6-11(18)8-10(13)9-20-21-17(22)16-15(19)12-4-2-3-5-14(12)24-16/h2-9H,1H3,(H,21,22)/b20-9-. The first-order valence-corrected chi connectivity index (χ1v) is 8.93. The number of halogens is 2. The molecule has 7 heteroatoms. The van der Waals surface area contributed by atoms with Crippen LogP contribution < -0.4 is 10.2 Å². The molecule has 0 aliphatic rings. The van der Waals surface area contributed by atoms with E-state index >= 15 is 0 Å². The third-order valence-corrected chi connectivity index (χ3v) is 5.47. The minimum Gasteiger partial charge on any atom is -0.496 e. The van der Waals surface area contributed by atoms with Gasteiger partial charge in [0.1, 0.15) is 10.6 Å². The van der Waals surface area contributed by atoms with Crippen LogP contribution in [0.3, 0.4) is 0 Å². The Morgan fingerprint density at radius 2 is 2.12 bits per heavy atom. The zero-order chi connectivity index (χ0) is 17.1. The van der Waals surface area contributed by atoms with Gasteiger partial charge in [0.15, 0.2) is 0 Å². The molecule has 0 saturated heterocycles. The van der Waals surface area contributed by atoms with Gasteiger partial charge >= 0.3 is 0 Å². The number of thiophene rings is 1. The van der Waals surface area contributed by atoms with Crippen LogP contribution in [-0.2, 0) is 0 Å². The molecule has 0 aliphatic carbocycles. The molecule has 1 N–H and O–H groups in total. The number of benzene rings is 2. The topological polar surface area (TPSA) is 50.7 Å². The zero-order valence-electron chi connectivity index (χ0n) is 12.5. The van der Waals surface area contributed by atoms with Crippen LogP contribution in [0.5, 0.6) is 5.75 Å². The SMILES string of the molecule is COc1ccc(Br)cc1/C=N\NC(=O)c1sc2ccccc2c1Cl. The van der Waals surface area contributed by atoms with E-state index in [9.17, 15) is 4.79 Å². The Morgan fingerprint density at radius 3 is 2.88 bits per heavy atom. The Kier molecular flexibility index (Phi) is 5.18. The number of methoxy groups -OCH3 is 1. The lowest BCUT2D eigenvalue weighted by atomic mass is 10.2. The Bertz CT molecular complexity index is 939. The molecule has 1 amide bonds. The van der Waals surface area contributed by atoms with Crippen LogP contribution in [0.25, 0.3) is 10.1 Å². The number of nitrogens with one attached hydrogen (secondary N) is 1. The molecule has 2 aromatic carbocycles. The quantitative estimate of drug-likeness (QED) is 0.469. The Hall–Kier alpha value is -1.89. The summed E-state index contributed by atoms with van der Waals surface area (Å²) >= 11 is 11.0. The number of rotatable bonds is 4. The van der Waals surface area contributed by atoms with Gasteiger partial charge in [0, 0.05) is 20.1 Å². The summed E-state index contributed by atoms with van der Waals surface area (Å²) in [5, 5.41) is 5.32. The van der Waals surface area contributed by atoms with Gasteiger partial charge in [0.25, 0.3) is 5.91 Å². The molecule has 0 unspecified atom stereocenters. The third-order valence-electron chi connectivity index (χ3n) is 3.30. The fourth-order valence-electron chi connectivity index (χ4n) is 2.18. The number of carbonyl (C=O) groups is 1. The van der Waals surface area contributed by atoms with E-state index in [-0.39, 0.29) is 5.91 Å². The van der Waals surface area contributed by atoms with E-state index in [0.29, 0.717) is 15.6 Å². The largest absolute Gasteiger partial charge is 0.496 e. The maximum absolute atomic E-state index is 12.3. The summed E-state index contributed by atoms with van der Waals surface area (Å²) in [6.45, 7) is 0. The van der Waals surface area contributed by atoms with Crippen molar-refractivity contribution in [2.24, 2.45) is 5.10 Å². The van der Waals surface area contributed by atoms with Crippen LogP contribution in [0.1, 0.15) is 15.2 Å². The van der Waals surface area contributed by atoms with Crippen LogP contribution in [0.15, 0.2) is 52.0 Å². The lowest BCUT2D eigenvalue weighted by molar-refractivity contribution is 0.0959. The first-order chi connectivity index (χ1) is 11.6. The molecule has 1 aromatic heterocycles. The van der Waals surface area contributed by atoms with Gasteiger partial charge in [-0.15, -0.1) is 11.3 Å². The first kappa shape index (κ1) is 17.0. The van der Waals surface area contributed by atoms with Crippen LogP contribution in [-0.4, -0.2) is 19.2 Å². The Balaban J connectivity index is 1.80. The molecule has 24 heavy (non-hydrogen) atoms. The Morgan fingerprint density at radius 1 is 1.33 bits per heavy atom. The molecule has 122 valence electrons. The van der Waals surface area contributed by atoms with Gasteiger partial charge in [-0.25, -0.2) is 5.43 Å². The molecule has 0 spiro atoms. The normalized spacial score (nSPS) is 11.1. The van der Waals surface area contributed by atoms with Crippen molar-refractivity contribution in [1.82, 2.24) is 5.43 Å². The Labute approximate surface area is 156 Å². The average Bonchev–Trinajstić information content (AvgIpc) is 2.92. The number of amides is 1. The van der Waals surface area contributed by atoms with Crippen molar-refractivity contribution in [2.75, 3.05) is 7.11 Å². The lowest BCUT2D eigenvalue weighted by Crippen LogP contribution is -2.16. The maximum atomic E-state index is 12.3. The fourth-order valence-corrected chi connectivity index (χ4v) is 3.96. The van der Waals surface area contributed by atoms with Crippen LogP contribution in [0, 0.1) is 0 Å². The molecular weight excluding hydrogens is 412 g/mol. The molecule has 3 rings (SSSR count). The number of hydrogen-bond acceptors (Lipinski definition) is 4. The molecule has 0 saturated carbocycles. The van der Waals surface area contributed by atoms with Gasteiger partial charge in [-0.05, 0) is 24.3 Å². The number of hydrogen-bond donors (Lipinski definition) is 1. The molecule has 0 bridgehead atoms. The van der Waals surface area contributed by atoms with Crippen molar-refractivity contribution in [3.8, 4) is 5.75 Å². The van der Waals surface area contributed by atoms with E-state index in [4.69, 9.17) is 16.3 Å². The summed E-state index contributed by atoms with van der Waals surface area (Å²) in [5.74, 6) is 0.322. The second-order valence-electron chi connectivity index (χ2n) is 4.83. The monoisotopic (exact) mass is 422 g/mol. The second-order valence-corrected chi connectivity index (χ2v) is 7.17. The summed E-state index contributed by atoms with van der Waals surface area (Å²) in [4.78, 5) is 12.7. The summed E-state index contributed by atoms with van der Waals surface area (Å²) in [5.41, 5.74) is 3.25. The molecule has 0 fully saturated rings. The third kappa shape index (κ3) is 3.45. The predicted molar refractivity (Wildman–Crippen MR) is 103 cm³/mol. The van der Waals surface area contributed by atoms with Gasteiger partial charge in [-0.1, -0.05) is 45.7 Å².